The topological polar surface area (TPSA) is 20.2 Å². The lowest BCUT2D eigenvalue weighted by Crippen LogP contribution is -2.00. The number of rotatable bonds is 19. The van der Waals surface area contributed by atoms with E-state index in [4.69, 9.17) is 5.11 Å². The van der Waals surface area contributed by atoms with Crippen LogP contribution in [0.15, 0.2) is 0 Å². The van der Waals surface area contributed by atoms with E-state index in [1.165, 1.54) is 83.5 Å². The van der Waals surface area contributed by atoms with Crippen LogP contribution in [-0.4, -0.2) is 17.9 Å². The highest BCUT2D eigenvalue weighted by molar-refractivity contribution is 4.57. The van der Waals surface area contributed by atoms with Crippen molar-refractivity contribution >= 4 is 0 Å². The lowest BCUT2D eigenvalue weighted by atomic mass is 10.0. The van der Waals surface area contributed by atoms with Crippen molar-refractivity contribution < 1.29 is 9.50 Å². The van der Waals surface area contributed by atoms with Crippen LogP contribution in [0.1, 0.15) is 122 Å². The molecular weight excluding hydrogens is 287 g/mol. The summed E-state index contributed by atoms with van der Waals surface area (Å²) in [6.45, 7) is 2.47. The van der Waals surface area contributed by atoms with E-state index in [0.717, 1.165) is 25.7 Å². The monoisotopic (exact) mass is 330 g/mol. The molecule has 0 radical (unpaired) electrons. The molecule has 0 rings (SSSR count). The second-order valence-corrected chi connectivity index (χ2v) is 7.20. The molecule has 1 N–H and O–H groups in total. The largest absolute Gasteiger partial charge is 0.396 e. The number of unbranched alkanes of at least 4 members (excludes halogenated alkanes) is 14. The van der Waals surface area contributed by atoms with E-state index in [1.54, 1.807) is 0 Å². The van der Waals surface area contributed by atoms with Crippen LogP contribution in [0.2, 0.25) is 0 Å². The molecule has 0 aromatic carbocycles. The van der Waals surface area contributed by atoms with Gasteiger partial charge < -0.3 is 5.11 Å². The van der Waals surface area contributed by atoms with Crippen LogP contribution >= 0.6 is 0 Å². The number of hydrogen-bond acceptors (Lipinski definition) is 1. The van der Waals surface area contributed by atoms with Gasteiger partial charge in [0, 0.05) is 6.61 Å². The summed E-state index contributed by atoms with van der Waals surface area (Å²) < 4.78 is 13.5. The summed E-state index contributed by atoms with van der Waals surface area (Å²) in [5, 5.41) is 8.67. The number of alkyl halides is 1. The van der Waals surface area contributed by atoms with Gasteiger partial charge in [-0.25, -0.2) is 4.39 Å². The maximum absolute atomic E-state index is 13.5. The lowest BCUT2D eigenvalue weighted by molar-refractivity contribution is 0.251. The Morgan fingerprint density at radius 3 is 1.30 bits per heavy atom. The third kappa shape index (κ3) is 19.8. The van der Waals surface area contributed by atoms with Crippen LogP contribution < -0.4 is 0 Å². The summed E-state index contributed by atoms with van der Waals surface area (Å²) in [6.07, 6.45) is 21.2. The third-order valence-electron chi connectivity index (χ3n) is 4.80. The Kier molecular flexibility index (Phi) is 19.8. The number of halogens is 1. The molecular formula is C21H43FO. The number of aliphatic hydroxyl groups excluding tert-OH is 1. The molecule has 0 aliphatic carbocycles. The first-order valence-corrected chi connectivity index (χ1v) is 10.6. The van der Waals surface area contributed by atoms with Gasteiger partial charge >= 0.3 is 0 Å². The summed E-state index contributed by atoms with van der Waals surface area (Å²) in [4.78, 5) is 0. The van der Waals surface area contributed by atoms with E-state index in [1.807, 2.05) is 0 Å². The minimum Gasteiger partial charge on any atom is -0.396 e. The molecule has 0 spiro atoms. The summed E-state index contributed by atoms with van der Waals surface area (Å²) in [6, 6.07) is 0. The van der Waals surface area contributed by atoms with Crippen molar-refractivity contribution in [2.45, 2.75) is 129 Å². The van der Waals surface area contributed by atoms with Gasteiger partial charge in [0.05, 0.1) is 0 Å². The molecule has 140 valence electrons. The maximum atomic E-state index is 13.5. The van der Waals surface area contributed by atoms with Crippen molar-refractivity contribution in [1.82, 2.24) is 0 Å². The van der Waals surface area contributed by atoms with Gasteiger partial charge in [0.1, 0.15) is 6.17 Å². The van der Waals surface area contributed by atoms with E-state index in [2.05, 4.69) is 6.92 Å². The molecule has 0 saturated heterocycles. The second-order valence-electron chi connectivity index (χ2n) is 7.20. The maximum Gasteiger partial charge on any atom is 0.100 e. The standard InChI is InChI=1S/C21H43FO/c1-2-3-4-5-6-7-8-9-10-11-12-13-14-15-18-21(22)19-16-17-20-23/h21,23H,2-20H2,1H3/t21-/m1/s1. The zero-order valence-electron chi connectivity index (χ0n) is 15.8. The number of hydrogen-bond donors (Lipinski definition) is 1. The first kappa shape index (κ1) is 22.9. The van der Waals surface area contributed by atoms with Crippen LogP contribution in [0.3, 0.4) is 0 Å². The Bertz CT molecular complexity index is 208. The first-order chi connectivity index (χ1) is 11.3. The van der Waals surface area contributed by atoms with Crippen molar-refractivity contribution in [2.24, 2.45) is 0 Å². The summed E-state index contributed by atoms with van der Waals surface area (Å²) in [5.41, 5.74) is 0. The highest BCUT2D eigenvalue weighted by Crippen LogP contribution is 2.16. The van der Waals surface area contributed by atoms with E-state index in [9.17, 15) is 4.39 Å². The van der Waals surface area contributed by atoms with Gasteiger partial charge in [0.15, 0.2) is 0 Å². The summed E-state index contributed by atoms with van der Waals surface area (Å²) >= 11 is 0. The van der Waals surface area contributed by atoms with E-state index >= 15 is 0 Å². The molecule has 0 unspecified atom stereocenters. The first-order valence-electron chi connectivity index (χ1n) is 10.6. The fourth-order valence-corrected chi connectivity index (χ4v) is 3.18. The van der Waals surface area contributed by atoms with Gasteiger partial charge in [0.25, 0.3) is 0 Å². The SMILES string of the molecule is CCCCCCCCCCCCCCCC[C@@H](F)CCCCO. The van der Waals surface area contributed by atoms with E-state index in [-0.39, 0.29) is 6.61 Å². The minimum absolute atomic E-state index is 0.200. The Morgan fingerprint density at radius 1 is 0.565 bits per heavy atom. The van der Waals surface area contributed by atoms with Crippen molar-refractivity contribution in [1.29, 1.82) is 0 Å². The average molecular weight is 331 g/mol. The summed E-state index contributed by atoms with van der Waals surface area (Å²) in [7, 11) is 0. The third-order valence-corrected chi connectivity index (χ3v) is 4.80. The summed E-state index contributed by atoms with van der Waals surface area (Å²) in [5.74, 6) is 0. The molecule has 2 heteroatoms. The minimum atomic E-state index is -0.640. The van der Waals surface area contributed by atoms with Crippen molar-refractivity contribution in [3.8, 4) is 0 Å². The van der Waals surface area contributed by atoms with Crippen LogP contribution in [0.25, 0.3) is 0 Å². The molecule has 1 atom stereocenters. The van der Waals surface area contributed by atoms with Crippen molar-refractivity contribution in [2.75, 3.05) is 6.61 Å². The molecule has 1 nitrogen and oxygen atoms in total. The fraction of sp³-hybridized carbons (Fsp3) is 1.00. The predicted octanol–water partition coefficient (Wildman–Crippen LogP) is 7.36. The zero-order valence-corrected chi connectivity index (χ0v) is 15.8. The Labute approximate surface area is 145 Å². The highest BCUT2D eigenvalue weighted by Gasteiger charge is 2.05. The van der Waals surface area contributed by atoms with E-state index in [0.29, 0.717) is 6.42 Å². The Hall–Kier alpha value is -0.110. The Morgan fingerprint density at radius 2 is 0.913 bits per heavy atom. The van der Waals surface area contributed by atoms with Gasteiger partial charge in [-0.15, -0.1) is 0 Å². The van der Waals surface area contributed by atoms with Crippen molar-refractivity contribution in [3.63, 3.8) is 0 Å². The lowest BCUT2D eigenvalue weighted by Gasteiger charge is -2.07. The normalized spacial score (nSPS) is 12.7. The predicted molar refractivity (Wildman–Crippen MR) is 101 cm³/mol. The molecule has 0 heterocycles. The Balaban J connectivity index is 3.05. The average Bonchev–Trinajstić information content (AvgIpc) is 2.55. The molecule has 0 aliphatic rings. The van der Waals surface area contributed by atoms with Crippen LogP contribution in [0, 0.1) is 0 Å². The van der Waals surface area contributed by atoms with Crippen LogP contribution in [-0.2, 0) is 0 Å². The fourth-order valence-electron chi connectivity index (χ4n) is 3.18. The molecule has 0 aromatic rings. The van der Waals surface area contributed by atoms with Crippen LogP contribution in [0.4, 0.5) is 4.39 Å². The van der Waals surface area contributed by atoms with Gasteiger partial charge in [0.2, 0.25) is 0 Å². The molecule has 23 heavy (non-hydrogen) atoms. The number of aliphatic hydroxyl groups is 1. The molecule has 0 aliphatic heterocycles. The highest BCUT2D eigenvalue weighted by atomic mass is 19.1. The van der Waals surface area contributed by atoms with Crippen LogP contribution in [0.5, 0.6) is 0 Å². The molecule has 0 saturated carbocycles. The molecule has 0 fully saturated rings. The van der Waals surface area contributed by atoms with Gasteiger partial charge in [-0.05, 0) is 25.7 Å². The van der Waals surface area contributed by atoms with E-state index < -0.39 is 6.17 Å². The molecule has 0 amide bonds. The van der Waals surface area contributed by atoms with Gasteiger partial charge in [-0.3, -0.25) is 0 Å². The molecule has 0 aromatic heterocycles. The van der Waals surface area contributed by atoms with Gasteiger partial charge in [-0.2, -0.15) is 0 Å². The van der Waals surface area contributed by atoms with Crippen molar-refractivity contribution in [3.05, 3.63) is 0 Å². The molecule has 0 bridgehead atoms. The second kappa shape index (κ2) is 19.9. The zero-order chi connectivity index (χ0) is 17.0. The quantitative estimate of drug-likeness (QED) is 0.245. The van der Waals surface area contributed by atoms with Gasteiger partial charge in [-0.1, -0.05) is 96.8 Å². The smallest absolute Gasteiger partial charge is 0.100 e.